The highest BCUT2D eigenvalue weighted by Crippen LogP contribution is 2.14. The quantitative estimate of drug-likeness (QED) is 0.838. The summed E-state index contributed by atoms with van der Waals surface area (Å²) in [6.07, 6.45) is 2.02. The highest BCUT2D eigenvalue weighted by Gasteiger charge is 2.11. The molecule has 0 amide bonds. The van der Waals surface area contributed by atoms with Gasteiger partial charge in [-0.3, -0.25) is 0 Å². The molecule has 0 saturated carbocycles. The molecule has 0 bridgehead atoms. The molecule has 2 heterocycles. The standard InChI is InChI=1S/C11H11N5O/c1-7(13)4-10-15-11(17-16-10)9-3-2-8(5-12)6-14-9/h2-3,6-7H,4,13H2,1H3. The molecule has 1 atom stereocenters. The van der Waals surface area contributed by atoms with E-state index in [1.165, 1.54) is 6.20 Å². The molecule has 0 aliphatic carbocycles. The number of nitrogens with zero attached hydrogens (tertiary/aromatic N) is 4. The fourth-order valence-electron chi connectivity index (χ4n) is 1.32. The van der Waals surface area contributed by atoms with Crippen LogP contribution >= 0.6 is 0 Å². The smallest absolute Gasteiger partial charge is 0.276 e. The fourth-order valence-corrected chi connectivity index (χ4v) is 1.32. The molecule has 1 unspecified atom stereocenters. The van der Waals surface area contributed by atoms with Crippen LogP contribution in [0.2, 0.25) is 0 Å². The van der Waals surface area contributed by atoms with E-state index in [4.69, 9.17) is 15.5 Å². The summed E-state index contributed by atoms with van der Waals surface area (Å²) >= 11 is 0. The Balaban J connectivity index is 2.22. The van der Waals surface area contributed by atoms with Crippen LogP contribution in [-0.2, 0) is 6.42 Å². The summed E-state index contributed by atoms with van der Waals surface area (Å²) in [4.78, 5) is 8.24. The third-order valence-corrected chi connectivity index (χ3v) is 2.08. The van der Waals surface area contributed by atoms with Crippen molar-refractivity contribution in [2.75, 3.05) is 0 Å². The largest absolute Gasteiger partial charge is 0.332 e. The monoisotopic (exact) mass is 229 g/mol. The molecule has 0 aliphatic rings. The number of nitrogens with two attached hydrogens (primary N) is 1. The highest BCUT2D eigenvalue weighted by molar-refractivity contribution is 5.47. The van der Waals surface area contributed by atoms with E-state index in [0.717, 1.165) is 0 Å². The van der Waals surface area contributed by atoms with Crippen LogP contribution in [0.1, 0.15) is 18.3 Å². The first-order valence-electron chi connectivity index (χ1n) is 5.13. The Morgan fingerprint density at radius 1 is 1.53 bits per heavy atom. The third-order valence-electron chi connectivity index (χ3n) is 2.08. The van der Waals surface area contributed by atoms with Gasteiger partial charge in [0, 0.05) is 18.7 Å². The van der Waals surface area contributed by atoms with Crippen molar-refractivity contribution in [1.82, 2.24) is 15.1 Å². The molecular formula is C11H11N5O. The normalized spacial score (nSPS) is 12.1. The van der Waals surface area contributed by atoms with Crippen LogP contribution in [0.3, 0.4) is 0 Å². The van der Waals surface area contributed by atoms with Gasteiger partial charge in [0.1, 0.15) is 11.8 Å². The Hall–Kier alpha value is -2.26. The van der Waals surface area contributed by atoms with Gasteiger partial charge in [0.05, 0.1) is 5.56 Å². The van der Waals surface area contributed by atoms with E-state index in [0.29, 0.717) is 29.4 Å². The van der Waals surface area contributed by atoms with Crippen LogP contribution in [0.4, 0.5) is 0 Å². The lowest BCUT2D eigenvalue weighted by molar-refractivity contribution is 0.419. The molecule has 0 saturated heterocycles. The van der Waals surface area contributed by atoms with Gasteiger partial charge in [-0.1, -0.05) is 5.16 Å². The summed E-state index contributed by atoms with van der Waals surface area (Å²) in [6.45, 7) is 1.87. The molecule has 2 N–H and O–H groups in total. The van der Waals surface area contributed by atoms with Gasteiger partial charge in [-0.2, -0.15) is 10.2 Å². The lowest BCUT2D eigenvalue weighted by atomic mass is 10.2. The number of hydrogen-bond acceptors (Lipinski definition) is 6. The van der Waals surface area contributed by atoms with Crippen LogP contribution in [0.25, 0.3) is 11.6 Å². The minimum absolute atomic E-state index is 0.0191. The van der Waals surface area contributed by atoms with Gasteiger partial charge in [0.2, 0.25) is 0 Å². The molecule has 17 heavy (non-hydrogen) atoms. The first-order chi connectivity index (χ1) is 8.19. The van der Waals surface area contributed by atoms with Gasteiger partial charge in [-0.25, -0.2) is 4.98 Å². The van der Waals surface area contributed by atoms with Crippen molar-refractivity contribution in [2.24, 2.45) is 5.73 Å². The van der Waals surface area contributed by atoms with Gasteiger partial charge in [0.15, 0.2) is 5.82 Å². The van der Waals surface area contributed by atoms with E-state index in [2.05, 4.69) is 15.1 Å². The summed E-state index contributed by atoms with van der Waals surface area (Å²) in [6, 6.07) is 5.29. The maximum Gasteiger partial charge on any atom is 0.276 e. The summed E-state index contributed by atoms with van der Waals surface area (Å²) in [5.74, 6) is 0.895. The Kier molecular flexibility index (Phi) is 3.12. The van der Waals surface area contributed by atoms with Gasteiger partial charge >= 0.3 is 0 Å². The van der Waals surface area contributed by atoms with E-state index in [1.807, 2.05) is 13.0 Å². The van der Waals surface area contributed by atoms with Gasteiger partial charge < -0.3 is 10.3 Å². The fraction of sp³-hybridized carbons (Fsp3) is 0.273. The Bertz CT molecular complexity index is 538. The van der Waals surface area contributed by atoms with Crippen LogP contribution in [0, 0.1) is 11.3 Å². The van der Waals surface area contributed by atoms with Crippen molar-refractivity contribution in [3.05, 3.63) is 29.7 Å². The lowest BCUT2D eigenvalue weighted by Crippen LogP contribution is -2.18. The van der Waals surface area contributed by atoms with Gasteiger partial charge in [0.25, 0.3) is 5.89 Å². The van der Waals surface area contributed by atoms with Gasteiger partial charge in [-0.05, 0) is 19.1 Å². The zero-order valence-corrected chi connectivity index (χ0v) is 9.29. The van der Waals surface area contributed by atoms with E-state index in [9.17, 15) is 0 Å². The SMILES string of the molecule is CC(N)Cc1noc(-c2ccc(C#N)cn2)n1. The molecule has 6 heteroatoms. The number of rotatable bonds is 3. The highest BCUT2D eigenvalue weighted by atomic mass is 16.5. The Morgan fingerprint density at radius 2 is 2.35 bits per heavy atom. The second-order valence-corrected chi connectivity index (χ2v) is 3.74. The number of nitriles is 1. The first-order valence-corrected chi connectivity index (χ1v) is 5.13. The number of aromatic nitrogens is 3. The molecule has 0 aromatic carbocycles. The predicted molar refractivity (Wildman–Crippen MR) is 59.6 cm³/mol. The van der Waals surface area contributed by atoms with Crippen LogP contribution in [0.5, 0.6) is 0 Å². The molecule has 0 aliphatic heterocycles. The van der Waals surface area contributed by atoms with Crippen molar-refractivity contribution in [3.63, 3.8) is 0 Å². The summed E-state index contributed by atoms with van der Waals surface area (Å²) < 4.78 is 5.06. The zero-order valence-electron chi connectivity index (χ0n) is 9.29. The summed E-state index contributed by atoms with van der Waals surface area (Å²) in [5, 5.41) is 12.5. The van der Waals surface area contributed by atoms with Crippen molar-refractivity contribution in [1.29, 1.82) is 5.26 Å². The van der Waals surface area contributed by atoms with Crippen LogP contribution < -0.4 is 5.73 Å². The number of pyridine rings is 1. The third kappa shape index (κ3) is 2.65. The lowest BCUT2D eigenvalue weighted by Gasteiger charge is -1.96. The Labute approximate surface area is 98.1 Å². The second kappa shape index (κ2) is 4.72. The summed E-state index contributed by atoms with van der Waals surface area (Å²) in [7, 11) is 0. The minimum atomic E-state index is -0.0191. The van der Waals surface area contributed by atoms with Crippen molar-refractivity contribution >= 4 is 0 Å². The van der Waals surface area contributed by atoms with Crippen LogP contribution in [0.15, 0.2) is 22.9 Å². The molecule has 0 spiro atoms. The molecule has 6 nitrogen and oxygen atoms in total. The minimum Gasteiger partial charge on any atom is -0.332 e. The molecular weight excluding hydrogens is 218 g/mol. The molecule has 86 valence electrons. The maximum absolute atomic E-state index is 8.65. The van der Waals surface area contributed by atoms with E-state index in [1.54, 1.807) is 12.1 Å². The van der Waals surface area contributed by atoms with Crippen molar-refractivity contribution in [2.45, 2.75) is 19.4 Å². The first kappa shape index (κ1) is 11.2. The average Bonchev–Trinajstić information content (AvgIpc) is 2.77. The average molecular weight is 229 g/mol. The zero-order chi connectivity index (χ0) is 12.3. The topological polar surface area (TPSA) is 102 Å². The van der Waals surface area contributed by atoms with Gasteiger partial charge in [-0.15, -0.1) is 0 Å². The summed E-state index contributed by atoms with van der Waals surface area (Å²) in [5.41, 5.74) is 6.68. The maximum atomic E-state index is 8.65. The molecule has 2 rings (SSSR count). The molecule has 2 aromatic rings. The van der Waals surface area contributed by atoms with E-state index < -0.39 is 0 Å². The molecule has 0 radical (unpaired) electrons. The van der Waals surface area contributed by atoms with E-state index >= 15 is 0 Å². The van der Waals surface area contributed by atoms with Crippen LogP contribution in [-0.4, -0.2) is 21.2 Å². The molecule has 0 fully saturated rings. The molecule has 2 aromatic heterocycles. The predicted octanol–water partition coefficient (Wildman–Crippen LogP) is 0.893. The van der Waals surface area contributed by atoms with Crippen molar-refractivity contribution < 1.29 is 4.52 Å². The number of hydrogen-bond donors (Lipinski definition) is 1. The van der Waals surface area contributed by atoms with E-state index in [-0.39, 0.29) is 6.04 Å². The Morgan fingerprint density at radius 3 is 2.94 bits per heavy atom. The second-order valence-electron chi connectivity index (χ2n) is 3.74. The van der Waals surface area contributed by atoms with Crippen molar-refractivity contribution in [3.8, 4) is 17.7 Å².